The lowest BCUT2D eigenvalue weighted by Gasteiger charge is -1.91. The Kier molecular flexibility index (Phi) is 2.53. The van der Waals surface area contributed by atoms with Crippen LogP contribution in [0.15, 0.2) is 41.0 Å². The molecule has 2 aromatic heterocycles. The second-order valence-electron chi connectivity index (χ2n) is 3.59. The second-order valence-corrected chi connectivity index (χ2v) is 3.59. The summed E-state index contributed by atoms with van der Waals surface area (Å²) < 4.78 is 4.97. The van der Waals surface area contributed by atoms with E-state index in [1.165, 1.54) is 0 Å². The number of carbonyl (C=O) groups is 1. The summed E-state index contributed by atoms with van der Waals surface area (Å²) in [6.45, 7) is 0. The number of tetrazole rings is 1. The number of hydrogen-bond donors (Lipinski definition) is 1. The maximum absolute atomic E-state index is 10.7. The third-order valence-corrected chi connectivity index (χ3v) is 2.33. The van der Waals surface area contributed by atoms with Crippen molar-refractivity contribution in [2.45, 2.75) is 0 Å². The third-order valence-electron chi connectivity index (χ3n) is 2.33. The van der Waals surface area contributed by atoms with Crippen LogP contribution in [0.1, 0.15) is 10.5 Å². The Morgan fingerprint density at radius 1 is 1.26 bits per heavy atom. The van der Waals surface area contributed by atoms with Crippen LogP contribution in [0, 0.1) is 0 Å². The summed E-state index contributed by atoms with van der Waals surface area (Å²) in [6.07, 6.45) is 1.02. The molecular formula is C11H7N5O3. The van der Waals surface area contributed by atoms with Gasteiger partial charge in [0.2, 0.25) is 5.82 Å². The van der Waals surface area contributed by atoms with Gasteiger partial charge in [0.15, 0.2) is 5.69 Å². The highest BCUT2D eigenvalue weighted by molar-refractivity contribution is 5.84. The van der Waals surface area contributed by atoms with Gasteiger partial charge in [0.1, 0.15) is 6.26 Å². The molecule has 0 radical (unpaired) electrons. The Balaban J connectivity index is 1.94. The van der Waals surface area contributed by atoms with Crippen LogP contribution in [0.4, 0.5) is 0 Å². The van der Waals surface area contributed by atoms with Crippen molar-refractivity contribution in [1.82, 2.24) is 25.2 Å². The highest BCUT2D eigenvalue weighted by atomic mass is 16.4. The van der Waals surface area contributed by atoms with Crippen molar-refractivity contribution >= 4 is 5.97 Å². The van der Waals surface area contributed by atoms with Crippen LogP contribution in [-0.2, 0) is 0 Å². The lowest BCUT2D eigenvalue weighted by Crippen LogP contribution is -2.01. The first-order valence-electron chi connectivity index (χ1n) is 5.28. The lowest BCUT2D eigenvalue weighted by molar-refractivity contribution is 0.0690. The van der Waals surface area contributed by atoms with Crippen molar-refractivity contribution in [2.24, 2.45) is 0 Å². The van der Waals surface area contributed by atoms with Gasteiger partial charge in [-0.1, -0.05) is 35.1 Å². The van der Waals surface area contributed by atoms with Gasteiger partial charge in [0, 0.05) is 5.56 Å². The van der Waals surface area contributed by atoms with E-state index in [0.29, 0.717) is 5.82 Å². The van der Waals surface area contributed by atoms with Gasteiger partial charge in [-0.15, -0.1) is 10.2 Å². The van der Waals surface area contributed by atoms with E-state index in [4.69, 9.17) is 9.52 Å². The molecule has 0 aliphatic rings. The molecule has 8 heteroatoms. The molecule has 0 saturated carbocycles. The van der Waals surface area contributed by atoms with Gasteiger partial charge >= 0.3 is 12.0 Å². The fourth-order valence-electron chi connectivity index (χ4n) is 1.45. The van der Waals surface area contributed by atoms with E-state index in [-0.39, 0.29) is 11.7 Å². The summed E-state index contributed by atoms with van der Waals surface area (Å²) in [7, 11) is 0. The SMILES string of the molecule is O=C(O)c1coc(-n2nnc(-c3ccccc3)n2)n1. The lowest BCUT2D eigenvalue weighted by atomic mass is 10.2. The molecular weight excluding hydrogens is 250 g/mol. The molecule has 0 atom stereocenters. The average Bonchev–Trinajstić information content (AvgIpc) is 3.09. The Morgan fingerprint density at radius 2 is 2.05 bits per heavy atom. The number of benzene rings is 1. The normalized spacial score (nSPS) is 10.5. The van der Waals surface area contributed by atoms with Crippen LogP contribution in [-0.4, -0.2) is 36.3 Å². The molecule has 2 heterocycles. The maximum atomic E-state index is 10.7. The number of rotatable bonds is 3. The van der Waals surface area contributed by atoms with Crippen molar-refractivity contribution in [3.63, 3.8) is 0 Å². The van der Waals surface area contributed by atoms with Gasteiger partial charge in [-0.2, -0.15) is 4.98 Å². The predicted octanol–water partition coefficient (Wildman–Crippen LogP) is 1.02. The molecule has 8 nitrogen and oxygen atoms in total. The quantitative estimate of drug-likeness (QED) is 0.746. The summed E-state index contributed by atoms with van der Waals surface area (Å²) in [5, 5.41) is 20.4. The van der Waals surface area contributed by atoms with E-state index in [2.05, 4.69) is 20.4 Å². The smallest absolute Gasteiger partial charge is 0.357 e. The van der Waals surface area contributed by atoms with E-state index < -0.39 is 5.97 Å². The minimum absolute atomic E-state index is 0.0490. The third kappa shape index (κ3) is 2.06. The minimum Gasteiger partial charge on any atom is -0.476 e. The molecule has 94 valence electrons. The van der Waals surface area contributed by atoms with Crippen molar-refractivity contribution in [3.8, 4) is 17.4 Å². The first kappa shape index (κ1) is 11.1. The summed E-state index contributed by atoms with van der Waals surface area (Å²) >= 11 is 0. The molecule has 0 spiro atoms. The summed E-state index contributed by atoms with van der Waals surface area (Å²) in [5.41, 5.74) is 0.576. The molecule has 0 fully saturated rings. The minimum atomic E-state index is -1.18. The fourth-order valence-corrected chi connectivity index (χ4v) is 1.45. The fraction of sp³-hybridized carbons (Fsp3) is 0. The molecule has 19 heavy (non-hydrogen) atoms. The molecule has 3 aromatic rings. The van der Waals surface area contributed by atoms with Crippen LogP contribution < -0.4 is 0 Å². The average molecular weight is 257 g/mol. The number of carboxylic acid groups (broad SMARTS) is 1. The van der Waals surface area contributed by atoms with Crippen molar-refractivity contribution in [3.05, 3.63) is 42.3 Å². The topological polar surface area (TPSA) is 107 Å². The number of nitrogens with zero attached hydrogens (tertiary/aromatic N) is 5. The van der Waals surface area contributed by atoms with Gasteiger partial charge in [-0.25, -0.2) is 4.79 Å². The highest BCUT2D eigenvalue weighted by Gasteiger charge is 2.14. The zero-order valence-corrected chi connectivity index (χ0v) is 9.46. The van der Waals surface area contributed by atoms with Crippen LogP contribution >= 0.6 is 0 Å². The van der Waals surface area contributed by atoms with Gasteiger partial charge in [0.05, 0.1) is 0 Å². The maximum Gasteiger partial charge on any atom is 0.357 e. The number of hydrogen-bond acceptors (Lipinski definition) is 6. The first-order chi connectivity index (χ1) is 9.24. The number of oxazole rings is 1. The largest absolute Gasteiger partial charge is 0.476 e. The van der Waals surface area contributed by atoms with E-state index in [0.717, 1.165) is 16.6 Å². The van der Waals surface area contributed by atoms with E-state index in [1.54, 1.807) is 0 Å². The second kappa shape index (κ2) is 4.33. The highest BCUT2D eigenvalue weighted by Crippen LogP contribution is 2.13. The van der Waals surface area contributed by atoms with Crippen LogP contribution in [0.3, 0.4) is 0 Å². The van der Waals surface area contributed by atoms with Gasteiger partial charge < -0.3 is 9.52 Å². The van der Waals surface area contributed by atoms with E-state index in [1.807, 2.05) is 30.3 Å². The van der Waals surface area contributed by atoms with Crippen LogP contribution in [0.5, 0.6) is 0 Å². The summed E-state index contributed by atoms with van der Waals surface area (Å²) in [6, 6.07) is 9.19. The molecule has 3 rings (SSSR count). The number of aromatic carboxylic acids is 1. The zero-order chi connectivity index (χ0) is 13.2. The van der Waals surface area contributed by atoms with E-state index >= 15 is 0 Å². The Labute approximate surface area is 106 Å². The Morgan fingerprint density at radius 3 is 2.74 bits per heavy atom. The van der Waals surface area contributed by atoms with Crippen molar-refractivity contribution in [1.29, 1.82) is 0 Å². The van der Waals surface area contributed by atoms with Crippen molar-refractivity contribution < 1.29 is 14.3 Å². The Bertz CT molecular complexity index is 719. The number of aromatic nitrogens is 5. The molecule has 1 aromatic carbocycles. The molecule has 0 saturated heterocycles. The summed E-state index contributed by atoms with van der Waals surface area (Å²) in [4.78, 5) is 15.4. The molecule has 1 N–H and O–H groups in total. The molecule has 0 unspecified atom stereocenters. The molecule has 0 aliphatic heterocycles. The van der Waals surface area contributed by atoms with Gasteiger partial charge in [-0.3, -0.25) is 0 Å². The van der Waals surface area contributed by atoms with Crippen LogP contribution in [0.2, 0.25) is 0 Å². The monoisotopic (exact) mass is 257 g/mol. The Hall–Kier alpha value is -3.03. The molecule has 0 bridgehead atoms. The van der Waals surface area contributed by atoms with Gasteiger partial charge in [0.25, 0.3) is 0 Å². The summed E-state index contributed by atoms with van der Waals surface area (Å²) in [5.74, 6) is -0.783. The van der Waals surface area contributed by atoms with E-state index in [9.17, 15) is 4.79 Å². The zero-order valence-electron chi connectivity index (χ0n) is 9.46. The predicted molar refractivity (Wildman–Crippen MR) is 61.6 cm³/mol. The van der Waals surface area contributed by atoms with Crippen molar-refractivity contribution in [2.75, 3.05) is 0 Å². The molecule has 0 amide bonds. The number of carboxylic acids is 1. The standard InChI is InChI=1S/C11H7N5O3/c17-10(18)8-6-19-11(12-8)16-14-9(13-15-16)7-4-2-1-3-5-7/h1-6H,(H,17,18). The van der Waals surface area contributed by atoms with Gasteiger partial charge in [-0.05, 0) is 5.21 Å². The first-order valence-corrected chi connectivity index (χ1v) is 5.28. The van der Waals surface area contributed by atoms with Crippen LogP contribution in [0.25, 0.3) is 17.4 Å². The molecule has 0 aliphatic carbocycles.